The Labute approximate surface area is 158 Å². The zero-order chi connectivity index (χ0) is 18.9. The summed E-state index contributed by atoms with van der Waals surface area (Å²) in [4.78, 5) is 21.3. The number of hydrogen-bond donors (Lipinski definition) is 2. The number of likely N-dealkylation sites (tertiary alicyclic amines) is 1. The lowest BCUT2D eigenvalue weighted by Gasteiger charge is -2.38. The van der Waals surface area contributed by atoms with Crippen LogP contribution in [0, 0.1) is 5.92 Å². The van der Waals surface area contributed by atoms with Crippen molar-refractivity contribution in [3.8, 4) is 0 Å². The second kappa shape index (κ2) is 10.7. The van der Waals surface area contributed by atoms with Crippen LogP contribution in [0.1, 0.15) is 40.0 Å². The summed E-state index contributed by atoms with van der Waals surface area (Å²) in [5.41, 5.74) is 0. The monoisotopic (exact) mass is 367 g/mol. The molecule has 0 aromatic rings. The van der Waals surface area contributed by atoms with E-state index in [1.807, 2.05) is 0 Å². The average molecular weight is 368 g/mol. The molecule has 7 heteroatoms. The van der Waals surface area contributed by atoms with Crippen molar-refractivity contribution in [1.29, 1.82) is 0 Å². The molecule has 2 heterocycles. The molecule has 0 radical (unpaired) electrons. The summed E-state index contributed by atoms with van der Waals surface area (Å²) in [6.07, 6.45) is 2.74. The fourth-order valence-corrected chi connectivity index (χ4v) is 3.86. The summed E-state index contributed by atoms with van der Waals surface area (Å²) in [7, 11) is 1.71. The van der Waals surface area contributed by atoms with Gasteiger partial charge >= 0.3 is 0 Å². The molecule has 2 fully saturated rings. The zero-order valence-corrected chi connectivity index (χ0v) is 17.0. The summed E-state index contributed by atoms with van der Waals surface area (Å²) in [6, 6.07) is 0.866. The molecule has 1 amide bonds. The van der Waals surface area contributed by atoms with Gasteiger partial charge in [0.1, 0.15) is 0 Å². The first-order valence-corrected chi connectivity index (χ1v) is 10.1. The highest BCUT2D eigenvalue weighted by atomic mass is 16.5. The van der Waals surface area contributed by atoms with E-state index in [4.69, 9.17) is 9.73 Å². The Morgan fingerprint density at radius 1 is 1.31 bits per heavy atom. The van der Waals surface area contributed by atoms with E-state index < -0.39 is 0 Å². The van der Waals surface area contributed by atoms with E-state index in [0.717, 1.165) is 64.7 Å². The fraction of sp³-hybridized carbons (Fsp3) is 0.895. The Balaban J connectivity index is 1.87. The highest BCUT2D eigenvalue weighted by molar-refractivity contribution is 5.80. The van der Waals surface area contributed by atoms with Crippen molar-refractivity contribution in [2.45, 2.75) is 52.1 Å². The molecule has 26 heavy (non-hydrogen) atoms. The molecule has 0 aromatic carbocycles. The summed E-state index contributed by atoms with van der Waals surface area (Å²) < 4.78 is 5.54. The van der Waals surface area contributed by atoms with Gasteiger partial charge in [0.05, 0.1) is 19.8 Å². The first-order valence-electron chi connectivity index (χ1n) is 10.1. The van der Waals surface area contributed by atoms with Gasteiger partial charge in [-0.2, -0.15) is 0 Å². The number of piperidine rings is 1. The molecular weight excluding hydrogens is 330 g/mol. The number of rotatable bonds is 6. The summed E-state index contributed by atoms with van der Waals surface area (Å²) in [6.45, 7) is 12.8. The van der Waals surface area contributed by atoms with Crippen LogP contribution in [0.25, 0.3) is 0 Å². The normalized spacial score (nSPS) is 24.4. The number of aliphatic imine (C=N–C) groups is 1. The topological polar surface area (TPSA) is 69.2 Å². The molecule has 2 rings (SSSR count). The van der Waals surface area contributed by atoms with Crippen LogP contribution in [-0.2, 0) is 9.53 Å². The van der Waals surface area contributed by atoms with Crippen molar-refractivity contribution in [3.05, 3.63) is 0 Å². The highest BCUT2D eigenvalue weighted by Gasteiger charge is 2.25. The predicted molar refractivity (Wildman–Crippen MR) is 105 cm³/mol. The van der Waals surface area contributed by atoms with Crippen molar-refractivity contribution in [2.75, 3.05) is 53.0 Å². The quantitative estimate of drug-likeness (QED) is 0.539. The van der Waals surface area contributed by atoms with Crippen molar-refractivity contribution in [1.82, 2.24) is 20.4 Å². The van der Waals surface area contributed by atoms with Crippen LogP contribution in [-0.4, -0.2) is 86.7 Å². The molecule has 0 bridgehead atoms. The Morgan fingerprint density at radius 2 is 2.04 bits per heavy atom. The molecule has 2 aliphatic heterocycles. The van der Waals surface area contributed by atoms with Gasteiger partial charge in [0, 0.05) is 51.7 Å². The van der Waals surface area contributed by atoms with Gasteiger partial charge in [0.25, 0.3) is 0 Å². The number of carbonyl (C=O) groups excluding carboxylic acids is 1. The lowest BCUT2D eigenvalue weighted by atomic mass is 9.93. The summed E-state index contributed by atoms with van der Waals surface area (Å²) in [5.74, 6) is 1.65. The number of carbonyl (C=O) groups is 1. The smallest absolute Gasteiger partial charge is 0.220 e. The van der Waals surface area contributed by atoms with Gasteiger partial charge in [-0.05, 0) is 39.5 Å². The van der Waals surface area contributed by atoms with Crippen LogP contribution >= 0.6 is 0 Å². The molecular formula is C19H37N5O2. The minimum atomic E-state index is 0.150. The van der Waals surface area contributed by atoms with Crippen molar-refractivity contribution in [3.63, 3.8) is 0 Å². The summed E-state index contributed by atoms with van der Waals surface area (Å²) in [5, 5.41) is 6.17. The Morgan fingerprint density at radius 3 is 2.65 bits per heavy atom. The maximum Gasteiger partial charge on any atom is 0.220 e. The molecule has 0 aliphatic carbocycles. The number of amides is 1. The SMILES string of the molecule is CCNC(=NCC(C)N1CCOCC1C)N1CCC(CC(=O)NC)CC1. The predicted octanol–water partition coefficient (Wildman–Crippen LogP) is 0.909. The second-order valence-electron chi connectivity index (χ2n) is 7.51. The Hall–Kier alpha value is -1.34. The number of ether oxygens (including phenoxy) is 1. The van der Waals surface area contributed by atoms with E-state index in [2.05, 4.69) is 41.2 Å². The zero-order valence-electron chi connectivity index (χ0n) is 17.0. The van der Waals surface area contributed by atoms with Gasteiger partial charge in [-0.1, -0.05) is 0 Å². The van der Waals surface area contributed by atoms with Gasteiger partial charge in [-0.15, -0.1) is 0 Å². The molecule has 0 aromatic heterocycles. The highest BCUT2D eigenvalue weighted by Crippen LogP contribution is 2.20. The average Bonchev–Trinajstić information content (AvgIpc) is 2.66. The standard InChI is InChI=1S/C19H37N5O2/c1-5-21-19(22-13-15(2)24-10-11-26-14-16(24)3)23-8-6-17(7-9-23)12-18(25)20-4/h15-17H,5-14H2,1-4H3,(H,20,25)(H,21,22). The minimum Gasteiger partial charge on any atom is -0.379 e. The molecule has 0 spiro atoms. The molecule has 0 saturated carbocycles. The van der Waals surface area contributed by atoms with Gasteiger partial charge in [-0.25, -0.2) is 0 Å². The molecule has 2 aliphatic rings. The van der Waals surface area contributed by atoms with Crippen LogP contribution in [0.15, 0.2) is 4.99 Å². The van der Waals surface area contributed by atoms with Crippen LogP contribution in [0.3, 0.4) is 0 Å². The largest absolute Gasteiger partial charge is 0.379 e. The van der Waals surface area contributed by atoms with Crippen molar-refractivity contribution in [2.24, 2.45) is 10.9 Å². The maximum absolute atomic E-state index is 11.6. The third-order valence-corrected chi connectivity index (χ3v) is 5.49. The van der Waals surface area contributed by atoms with Crippen molar-refractivity contribution < 1.29 is 9.53 Å². The third kappa shape index (κ3) is 6.13. The number of guanidine groups is 1. The lowest BCUT2D eigenvalue weighted by Crippen LogP contribution is -2.50. The van der Waals surface area contributed by atoms with Gasteiger partial charge < -0.3 is 20.3 Å². The van der Waals surface area contributed by atoms with Gasteiger partial charge in [0.15, 0.2) is 5.96 Å². The van der Waals surface area contributed by atoms with Crippen LogP contribution in [0.2, 0.25) is 0 Å². The van der Waals surface area contributed by atoms with E-state index >= 15 is 0 Å². The molecule has 2 N–H and O–H groups in total. The lowest BCUT2D eigenvalue weighted by molar-refractivity contribution is -0.121. The van der Waals surface area contributed by atoms with E-state index in [-0.39, 0.29) is 5.91 Å². The van der Waals surface area contributed by atoms with Gasteiger partial charge in [-0.3, -0.25) is 14.7 Å². The van der Waals surface area contributed by atoms with E-state index in [1.165, 1.54) is 0 Å². The van der Waals surface area contributed by atoms with E-state index in [1.54, 1.807) is 7.05 Å². The number of nitrogens with one attached hydrogen (secondary N) is 2. The summed E-state index contributed by atoms with van der Waals surface area (Å²) >= 11 is 0. The van der Waals surface area contributed by atoms with Crippen LogP contribution in [0.5, 0.6) is 0 Å². The first kappa shape index (κ1) is 21.0. The first-order chi connectivity index (χ1) is 12.5. The van der Waals surface area contributed by atoms with E-state index in [0.29, 0.717) is 24.4 Å². The fourth-order valence-electron chi connectivity index (χ4n) is 3.86. The minimum absolute atomic E-state index is 0.150. The number of hydrogen-bond acceptors (Lipinski definition) is 4. The van der Waals surface area contributed by atoms with Gasteiger partial charge in [0.2, 0.25) is 5.91 Å². The van der Waals surface area contributed by atoms with Crippen LogP contribution in [0.4, 0.5) is 0 Å². The Bertz CT molecular complexity index is 463. The maximum atomic E-state index is 11.6. The molecule has 150 valence electrons. The second-order valence-corrected chi connectivity index (χ2v) is 7.51. The Kier molecular flexibility index (Phi) is 8.65. The molecule has 2 atom stereocenters. The molecule has 2 unspecified atom stereocenters. The van der Waals surface area contributed by atoms with E-state index in [9.17, 15) is 4.79 Å². The molecule has 7 nitrogen and oxygen atoms in total. The van der Waals surface area contributed by atoms with Crippen LogP contribution < -0.4 is 10.6 Å². The number of nitrogens with zero attached hydrogens (tertiary/aromatic N) is 3. The number of morpholine rings is 1. The van der Waals surface area contributed by atoms with Crippen molar-refractivity contribution >= 4 is 11.9 Å². The third-order valence-electron chi connectivity index (χ3n) is 5.49. The molecule has 2 saturated heterocycles.